The zero-order valence-electron chi connectivity index (χ0n) is 11.2. The van der Waals surface area contributed by atoms with Crippen LogP contribution in [0.25, 0.3) is 5.65 Å². The highest BCUT2D eigenvalue weighted by atomic mass is 79.9. The molecule has 21 heavy (non-hydrogen) atoms. The number of ether oxygens (including phenoxy) is 2. The number of aromatic nitrogens is 2. The van der Waals surface area contributed by atoms with E-state index in [0.29, 0.717) is 17.0 Å². The Hall–Kier alpha value is -1.53. The maximum Gasteiger partial charge on any atom is 0.242 e. The second-order valence-corrected chi connectivity index (χ2v) is 5.74. The minimum Gasteiger partial charge on any atom is -0.497 e. The molecule has 3 aromatic rings. The van der Waals surface area contributed by atoms with E-state index in [9.17, 15) is 0 Å². The normalized spacial score (nSPS) is 10.8. The van der Waals surface area contributed by atoms with Crippen LogP contribution in [0.4, 0.5) is 0 Å². The highest BCUT2D eigenvalue weighted by molar-refractivity contribution is 9.10. The van der Waals surface area contributed by atoms with Crippen molar-refractivity contribution in [2.45, 2.75) is 5.33 Å². The van der Waals surface area contributed by atoms with Crippen molar-refractivity contribution in [2.24, 2.45) is 0 Å². The Kier molecular flexibility index (Phi) is 4.17. The molecule has 2 heterocycles. The summed E-state index contributed by atoms with van der Waals surface area (Å²) in [7, 11) is 1.63. The Morgan fingerprint density at radius 3 is 2.81 bits per heavy atom. The van der Waals surface area contributed by atoms with Crippen molar-refractivity contribution < 1.29 is 9.47 Å². The molecule has 108 valence electrons. The smallest absolute Gasteiger partial charge is 0.242 e. The van der Waals surface area contributed by atoms with E-state index in [0.717, 1.165) is 21.6 Å². The van der Waals surface area contributed by atoms with Gasteiger partial charge in [-0.1, -0.05) is 22.0 Å². The van der Waals surface area contributed by atoms with Crippen molar-refractivity contribution in [1.29, 1.82) is 0 Å². The zero-order chi connectivity index (χ0) is 14.8. The molecule has 2 aromatic heterocycles. The summed E-state index contributed by atoms with van der Waals surface area (Å²) in [6.45, 7) is 0. The van der Waals surface area contributed by atoms with Crippen LogP contribution in [0.15, 0.2) is 47.1 Å². The van der Waals surface area contributed by atoms with Gasteiger partial charge < -0.3 is 9.47 Å². The highest BCUT2D eigenvalue weighted by Gasteiger charge is 2.14. The highest BCUT2D eigenvalue weighted by Crippen LogP contribution is 2.34. The molecule has 0 bridgehead atoms. The number of pyridine rings is 1. The van der Waals surface area contributed by atoms with E-state index in [1.165, 1.54) is 0 Å². The number of hydrogen-bond acceptors (Lipinski definition) is 3. The fourth-order valence-corrected chi connectivity index (χ4v) is 2.97. The molecule has 0 fully saturated rings. The summed E-state index contributed by atoms with van der Waals surface area (Å²) in [5.74, 6) is 2.05. The number of methoxy groups -OCH3 is 1. The van der Waals surface area contributed by atoms with E-state index < -0.39 is 0 Å². The molecule has 1 aromatic carbocycles. The predicted molar refractivity (Wildman–Crippen MR) is 88.6 cm³/mol. The van der Waals surface area contributed by atoms with E-state index in [1.54, 1.807) is 7.11 Å². The van der Waals surface area contributed by atoms with E-state index in [2.05, 4.69) is 36.8 Å². The number of nitrogens with zero attached hydrogens (tertiary/aromatic N) is 2. The first-order chi connectivity index (χ1) is 10.2. The number of alkyl halides is 1. The van der Waals surface area contributed by atoms with Crippen LogP contribution in [-0.2, 0) is 5.33 Å². The zero-order valence-corrected chi connectivity index (χ0v) is 14.4. The Balaban J connectivity index is 2.01. The monoisotopic (exact) mass is 410 g/mol. The molecule has 0 aliphatic heterocycles. The summed E-state index contributed by atoms with van der Waals surface area (Å²) in [5.41, 5.74) is 1.82. The molecule has 0 radical (unpaired) electrons. The maximum absolute atomic E-state index is 5.95. The van der Waals surface area contributed by atoms with Gasteiger partial charge >= 0.3 is 0 Å². The van der Waals surface area contributed by atoms with Crippen LogP contribution in [-0.4, -0.2) is 16.5 Å². The van der Waals surface area contributed by atoms with Gasteiger partial charge in [-0.3, -0.25) is 4.40 Å². The quantitative estimate of drug-likeness (QED) is 0.579. The van der Waals surface area contributed by atoms with Crippen LogP contribution in [0.3, 0.4) is 0 Å². The number of halogens is 2. The molecule has 0 saturated heterocycles. The molecule has 0 aliphatic rings. The first-order valence-corrected chi connectivity index (χ1v) is 8.17. The lowest BCUT2D eigenvalue weighted by atomic mass is 10.3. The molecule has 0 aliphatic carbocycles. The van der Waals surface area contributed by atoms with Gasteiger partial charge in [-0.05, 0) is 46.3 Å². The molecular formula is C15H12Br2N2O2. The number of imidazole rings is 1. The van der Waals surface area contributed by atoms with Crippen LogP contribution in [0.1, 0.15) is 5.69 Å². The molecule has 3 rings (SSSR count). The van der Waals surface area contributed by atoms with Gasteiger partial charge in [0, 0.05) is 11.5 Å². The number of fused-ring (bicyclic) bond motifs is 1. The van der Waals surface area contributed by atoms with Crippen LogP contribution in [0, 0.1) is 0 Å². The van der Waals surface area contributed by atoms with Crippen LogP contribution < -0.4 is 9.47 Å². The van der Waals surface area contributed by atoms with E-state index in [4.69, 9.17) is 9.47 Å². The molecule has 0 spiro atoms. The first-order valence-electron chi connectivity index (χ1n) is 6.26. The Bertz CT molecular complexity index is 786. The van der Waals surface area contributed by atoms with Gasteiger partial charge in [-0.15, -0.1) is 0 Å². The molecule has 0 amide bonds. The molecule has 4 nitrogen and oxygen atoms in total. The first kappa shape index (κ1) is 14.4. The second kappa shape index (κ2) is 6.07. The molecule has 6 heteroatoms. The fraction of sp³-hybridized carbons (Fsp3) is 0.133. The Morgan fingerprint density at radius 2 is 2.10 bits per heavy atom. The van der Waals surface area contributed by atoms with Crippen molar-refractivity contribution in [3.05, 3.63) is 52.8 Å². The summed E-state index contributed by atoms with van der Waals surface area (Å²) in [6.07, 6.45) is 1.97. The average Bonchev–Trinajstić information content (AvgIpc) is 2.86. The number of benzene rings is 1. The van der Waals surface area contributed by atoms with Crippen molar-refractivity contribution >= 4 is 37.5 Å². The van der Waals surface area contributed by atoms with Crippen LogP contribution in [0.2, 0.25) is 0 Å². The molecule has 0 atom stereocenters. The van der Waals surface area contributed by atoms with Crippen LogP contribution >= 0.6 is 31.9 Å². The van der Waals surface area contributed by atoms with Gasteiger partial charge in [-0.2, -0.15) is 4.98 Å². The van der Waals surface area contributed by atoms with Gasteiger partial charge in [0.1, 0.15) is 17.1 Å². The maximum atomic E-state index is 5.95. The molecule has 0 saturated carbocycles. The predicted octanol–water partition coefficient (Wildman–Crippen LogP) is 4.79. The lowest BCUT2D eigenvalue weighted by Crippen LogP contribution is -1.92. The van der Waals surface area contributed by atoms with E-state index in [-0.39, 0.29) is 0 Å². The standard InChI is InChI=1S/C15H12Br2N2O2/c1-20-10-5-6-13(11(17)8-10)21-15-12(9-16)19-7-3-2-4-14(19)18-15/h2-8H,9H2,1H3. The Labute approximate surface area is 139 Å². The van der Waals surface area contributed by atoms with Crippen molar-refractivity contribution in [3.63, 3.8) is 0 Å². The van der Waals surface area contributed by atoms with Gasteiger partial charge in [0.25, 0.3) is 0 Å². The number of hydrogen-bond donors (Lipinski definition) is 0. The Morgan fingerprint density at radius 1 is 1.24 bits per heavy atom. The van der Waals surface area contributed by atoms with Crippen molar-refractivity contribution in [2.75, 3.05) is 7.11 Å². The molecular weight excluding hydrogens is 400 g/mol. The number of rotatable bonds is 4. The largest absolute Gasteiger partial charge is 0.497 e. The minimum absolute atomic E-state index is 0.587. The van der Waals surface area contributed by atoms with Gasteiger partial charge in [-0.25, -0.2) is 0 Å². The lowest BCUT2D eigenvalue weighted by Gasteiger charge is -2.08. The van der Waals surface area contributed by atoms with Gasteiger partial charge in [0.2, 0.25) is 5.88 Å². The van der Waals surface area contributed by atoms with Gasteiger partial charge in [0.15, 0.2) is 0 Å². The van der Waals surface area contributed by atoms with Crippen LogP contribution in [0.5, 0.6) is 17.4 Å². The van der Waals surface area contributed by atoms with E-state index >= 15 is 0 Å². The lowest BCUT2D eigenvalue weighted by molar-refractivity contribution is 0.411. The molecule has 0 N–H and O–H groups in total. The fourth-order valence-electron chi connectivity index (χ4n) is 2.02. The average molecular weight is 412 g/mol. The summed E-state index contributed by atoms with van der Waals surface area (Å²) in [6, 6.07) is 11.4. The third-order valence-electron chi connectivity index (χ3n) is 3.06. The van der Waals surface area contributed by atoms with Gasteiger partial charge in [0.05, 0.1) is 17.3 Å². The van der Waals surface area contributed by atoms with Crippen molar-refractivity contribution in [1.82, 2.24) is 9.38 Å². The van der Waals surface area contributed by atoms with E-state index in [1.807, 2.05) is 47.0 Å². The summed E-state index contributed by atoms with van der Waals surface area (Å²) >= 11 is 6.98. The summed E-state index contributed by atoms with van der Waals surface area (Å²) in [4.78, 5) is 4.52. The second-order valence-electron chi connectivity index (χ2n) is 4.32. The summed E-state index contributed by atoms with van der Waals surface area (Å²) in [5, 5.41) is 0.654. The van der Waals surface area contributed by atoms with Crippen molar-refractivity contribution in [3.8, 4) is 17.4 Å². The minimum atomic E-state index is 0.587. The third-order valence-corrected chi connectivity index (χ3v) is 4.22. The molecule has 0 unspecified atom stereocenters. The topological polar surface area (TPSA) is 35.8 Å². The SMILES string of the molecule is COc1ccc(Oc2nc3ccccn3c2CBr)c(Br)c1. The summed E-state index contributed by atoms with van der Waals surface area (Å²) < 4.78 is 14.0. The third kappa shape index (κ3) is 2.78.